The molecule has 0 radical (unpaired) electrons. The number of benzene rings is 2. The first kappa shape index (κ1) is 15.5. The maximum atomic E-state index is 9.61. The highest BCUT2D eigenvalue weighted by molar-refractivity contribution is 5.83. The van der Waals surface area contributed by atoms with Gasteiger partial charge in [0.1, 0.15) is 17.2 Å². The van der Waals surface area contributed by atoms with Crippen LogP contribution in [0.2, 0.25) is 0 Å². The lowest BCUT2D eigenvalue weighted by molar-refractivity contribution is 0.292. The van der Waals surface area contributed by atoms with Gasteiger partial charge in [0.05, 0.1) is 11.7 Å². The van der Waals surface area contributed by atoms with Gasteiger partial charge in [-0.2, -0.15) is 5.10 Å². The zero-order valence-electron chi connectivity index (χ0n) is 13.9. The van der Waals surface area contributed by atoms with E-state index in [1.807, 2.05) is 30.3 Å². The first-order valence-electron chi connectivity index (χ1n) is 8.51. The average molecular weight is 332 g/mol. The van der Waals surface area contributed by atoms with E-state index in [1.165, 1.54) is 6.42 Å². The SMILES string of the molecule is C=Cc1c(-c2ccc(O)cc2)nn(C2CCC2)c1-c1ccc(O)cc1. The number of rotatable bonds is 4. The highest BCUT2D eigenvalue weighted by atomic mass is 16.3. The van der Waals surface area contributed by atoms with Crippen molar-refractivity contribution >= 4 is 6.08 Å². The van der Waals surface area contributed by atoms with Crippen LogP contribution in [0.15, 0.2) is 55.1 Å². The number of nitrogens with zero attached hydrogens (tertiary/aromatic N) is 2. The van der Waals surface area contributed by atoms with E-state index in [2.05, 4.69) is 11.3 Å². The van der Waals surface area contributed by atoms with E-state index in [4.69, 9.17) is 5.10 Å². The number of aromatic hydroxyl groups is 2. The Morgan fingerprint density at radius 3 is 1.96 bits per heavy atom. The minimum Gasteiger partial charge on any atom is -0.508 e. The van der Waals surface area contributed by atoms with Crippen LogP contribution in [0.25, 0.3) is 28.6 Å². The molecule has 1 aliphatic carbocycles. The molecule has 1 heterocycles. The summed E-state index contributed by atoms with van der Waals surface area (Å²) >= 11 is 0. The Kier molecular flexibility index (Phi) is 3.80. The maximum Gasteiger partial charge on any atom is 0.115 e. The minimum atomic E-state index is 0.237. The summed E-state index contributed by atoms with van der Waals surface area (Å²) in [6.07, 6.45) is 5.31. The largest absolute Gasteiger partial charge is 0.508 e. The molecule has 0 saturated heterocycles. The monoisotopic (exact) mass is 332 g/mol. The minimum absolute atomic E-state index is 0.237. The molecule has 0 bridgehead atoms. The summed E-state index contributed by atoms with van der Waals surface area (Å²) in [6, 6.07) is 14.7. The molecule has 2 N–H and O–H groups in total. The van der Waals surface area contributed by atoms with Crippen LogP contribution in [0.5, 0.6) is 11.5 Å². The first-order chi connectivity index (χ1) is 12.2. The van der Waals surface area contributed by atoms with Gasteiger partial charge < -0.3 is 10.2 Å². The molecular weight excluding hydrogens is 312 g/mol. The van der Waals surface area contributed by atoms with E-state index in [0.29, 0.717) is 6.04 Å². The van der Waals surface area contributed by atoms with Crippen LogP contribution >= 0.6 is 0 Å². The van der Waals surface area contributed by atoms with E-state index in [-0.39, 0.29) is 11.5 Å². The molecule has 0 aliphatic heterocycles. The average Bonchev–Trinajstić information content (AvgIpc) is 2.94. The smallest absolute Gasteiger partial charge is 0.115 e. The van der Waals surface area contributed by atoms with Crippen LogP contribution in [0, 0.1) is 0 Å². The molecule has 4 rings (SSSR count). The molecule has 1 aromatic heterocycles. The topological polar surface area (TPSA) is 58.3 Å². The van der Waals surface area contributed by atoms with Crippen LogP contribution in [-0.4, -0.2) is 20.0 Å². The van der Waals surface area contributed by atoms with Crippen LogP contribution in [0.4, 0.5) is 0 Å². The summed E-state index contributed by atoms with van der Waals surface area (Å²) in [5.41, 5.74) is 4.83. The Morgan fingerprint density at radius 2 is 1.48 bits per heavy atom. The second kappa shape index (κ2) is 6.13. The second-order valence-corrected chi connectivity index (χ2v) is 6.44. The van der Waals surface area contributed by atoms with Crippen molar-refractivity contribution < 1.29 is 10.2 Å². The molecule has 0 unspecified atom stereocenters. The maximum absolute atomic E-state index is 9.61. The quantitative estimate of drug-likeness (QED) is 0.707. The van der Waals surface area contributed by atoms with Crippen LogP contribution in [0.3, 0.4) is 0 Å². The van der Waals surface area contributed by atoms with E-state index < -0.39 is 0 Å². The highest BCUT2D eigenvalue weighted by Crippen LogP contribution is 2.40. The van der Waals surface area contributed by atoms with Gasteiger partial charge in [-0.3, -0.25) is 4.68 Å². The number of aromatic nitrogens is 2. The molecule has 2 aromatic carbocycles. The summed E-state index contributed by atoms with van der Waals surface area (Å²) in [6.45, 7) is 4.00. The third-order valence-corrected chi connectivity index (χ3v) is 4.85. The standard InChI is InChI=1S/C21H20N2O2/c1-2-19-20(14-6-10-17(24)11-7-14)22-23(16-4-3-5-16)21(19)15-8-12-18(25)13-9-15/h2,6-13,16,24-25H,1,3-5H2. The van der Waals surface area contributed by atoms with E-state index in [0.717, 1.165) is 40.9 Å². The number of phenolic OH excluding ortho intramolecular Hbond substituents is 2. The molecule has 4 heteroatoms. The van der Waals surface area contributed by atoms with Crippen molar-refractivity contribution in [3.05, 3.63) is 60.7 Å². The summed E-state index contributed by atoms with van der Waals surface area (Å²) in [5.74, 6) is 0.485. The van der Waals surface area contributed by atoms with Gasteiger partial charge in [-0.15, -0.1) is 0 Å². The lowest BCUT2D eigenvalue weighted by Gasteiger charge is -2.27. The lowest BCUT2D eigenvalue weighted by atomic mass is 9.92. The zero-order valence-corrected chi connectivity index (χ0v) is 13.9. The normalized spacial score (nSPS) is 14.2. The zero-order chi connectivity index (χ0) is 17.4. The fraction of sp³-hybridized carbons (Fsp3) is 0.190. The molecule has 1 aliphatic rings. The van der Waals surface area contributed by atoms with Gasteiger partial charge in [0, 0.05) is 16.7 Å². The molecule has 0 atom stereocenters. The summed E-state index contributed by atoms with van der Waals surface area (Å²) in [5, 5.41) is 24.1. The van der Waals surface area contributed by atoms with Crippen LogP contribution in [0.1, 0.15) is 30.9 Å². The third kappa shape index (κ3) is 2.70. The van der Waals surface area contributed by atoms with Gasteiger partial charge in [0.25, 0.3) is 0 Å². The molecule has 25 heavy (non-hydrogen) atoms. The molecule has 126 valence electrons. The molecule has 0 spiro atoms. The van der Waals surface area contributed by atoms with Gasteiger partial charge in [-0.05, 0) is 67.8 Å². The number of hydrogen-bond acceptors (Lipinski definition) is 3. The van der Waals surface area contributed by atoms with Gasteiger partial charge in [0.15, 0.2) is 0 Å². The Hall–Kier alpha value is -3.01. The number of hydrogen-bond donors (Lipinski definition) is 2. The van der Waals surface area contributed by atoms with Crippen LogP contribution < -0.4 is 0 Å². The van der Waals surface area contributed by atoms with Crippen molar-refractivity contribution in [1.29, 1.82) is 0 Å². The molecule has 1 saturated carbocycles. The summed E-state index contributed by atoms with van der Waals surface area (Å²) in [4.78, 5) is 0. The fourth-order valence-corrected chi connectivity index (χ4v) is 3.28. The van der Waals surface area contributed by atoms with Gasteiger partial charge in [-0.1, -0.05) is 12.7 Å². The van der Waals surface area contributed by atoms with Gasteiger partial charge in [-0.25, -0.2) is 0 Å². The molecule has 1 fully saturated rings. The van der Waals surface area contributed by atoms with Gasteiger partial charge in [0.2, 0.25) is 0 Å². The molecular formula is C21H20N2O2. The predicted molar refractivity (Wildman–Crippen MR) is 99.4 cm³/mol. The van der Waals surface area contributed by atoms with Crippen molar-refractivity contribution in [2.45, 2.75) is 25.3 Å². The Labute approximate surface area is 146 Å². The van der Waals surface area contributed by atoms with Crippen molar-refractivity contribution in [3.63, 3.8) is 0 Å². The Morgan fingerprint density at radius 1 is 0.920 bits per heavy atom. The second-order valence-electron chi connectivity index (χ2n) is 6.44. The van der Waals surface area contributed by atoms with Crippen molar-refractivity contribution in [3.8, 4) is 34.0 Å². The van der Waals surface area contributed by atoms with Crippen molar-refractivity contribution in [2.75, 3.05) is 0 Å². The van der Waals surface area contributed by atoms with Crippen molar-refractivity contribution in [1.82, 2.24) is 9.78 Å². The van der Waals surface area contributed by atoms with E-state index in [1.54, 1.807) is 24.3 Å². The Bertz CT molecular complexity index is 904. The number of phenols is 2. The summed E-state index contributed by atoms with van der Waals surface area (Å²) in [7, 11) is 0. The molecule has 0 amide bonds. The van der Waals surface area contributed by atoms with Gasteiger partial charge >= 0.3 is 0 Å². The molecule has 4 nitrogen and oxygen atoms in total. The fourth-order valence-electron chi connectivity index (χ4n) is 3.28. The molecule has 3 aromatic rings. The van der Waals surface area contributed by atoms with Crippen molar-refractivity contribution in [2.24, 2.45) is 0 Å². The third-order valence-electron chi connectivity index (χ3n) is 4.85. The first-order valence-corrected chi connectivity index (χ1v) is 8.51. The van der Waals surface area contributed by atoms with E-state index >= 15 is 0 Å². The Balaban J connectivity index is 1.92. The predicted octanol–water partition coefficient (Wildman–Crippen LogP) is 5.00. The highest BCUT2D eigenvalue weighted by Gasteiger charge is 2.27. The summed E-state index contributed by atoms with van der Waals surface area (Å²) < 4.78 is 2.11. The lowest BCUT2D eigenvalue weighted by Crippen LogP contribution is -2.19. The van der Waals surface area contributed by atoms with E-state index in [9.17, 15) is 10.2 Å². The van der Waals surface area contributed by atoms with Crippen LogP contribution in [-0.2, 0) is 0 Å².